The van der Waals surface area contributed by atoms with Crippen LogP contribution < -0.4 is 0 Å². The van der Waals surface area contributed by atoms with Crippen molar-refractivity contribution in [3.63, 3.8) is 0 Å². The quantitative estimate of drug-likeness (QED) is 0.245. The van der Waals surface area contributed by atoms with Crippen LogP contribution in [0.15, 0.2) is 22.9 Å². The number of halogens is 1. The zero-order valence-corrected chi connectivity index (χ0v) is 11.1. The summed E-state index contributed by atoms with van der Waals surface area (Å²) in [7, 11) is 4.70. The minimum atomic E-state index is -0.784. The number of carbonyl (C=O) groups is 2. The van der Waals surface area contributed by atoms with Crippen LogP contribution in [0.25, 0.3) is 0 Å². The van der Waals surface area contributed by atoms with Crippen LogP contribution in [0.1, 0.15) is 6.92 Å². The molecular weight excluding hydrogens is 246 g/mol. The zero-order valence-electron chi connectivity index (χ0n) is 10.3. The maximum absolute atomic E-state index is 11.5. The summed E-state index contributed by atoms with van der Waals surface area (Å²) in [6, 6.07) is 0. The highest BCUT2D eigenvalue weighted by atomic mass is 35.5. The Hall–Kier alpha value is -1.49. The van der Waals surface area contributed by atoms with Crippen molar-refractivity contribution in [2.75, 3.05) is 27.8 Å². The van der Waals surface area contributed by atoms with E-state index in [9.17, 15) is 9.59 Å². The predicted octanol–water partition coefficient (Wildman–Crippen LogP) is 1.29. The number of carbonyl (C=O) groups excluding carboxylic acids is 2. The number of hydrogen-bond donors (Lipinski definition) is 0. The van der Waals surface area contributed by atoms with Crippen LogP contribution in [-0.4, -0.2) is 44.7 Å². The Bertz CT molecular complexity index is 347. The fourth-order valence-electron chi connectivity index (χ4n) is 0.942. The Morgan fingerprint density at radius 1 is 1.29 bits per heavy atom. The number of rotatable bonds is 5. The van der Waals surface area contributed by atoms with Gasteiger partial charge in [-0.2, -0.15) is 0 Å². The lowest BCUT2D eigenvalue weighted by Gasteiger charge is -2.06. The lowest BCUT2D eigenvalue weighted by molar-refractivity contribution is -0.145. The third-order valence-corrected chi connectivity index (χ3v) is 1.77. The van der Waals surface area contributed by atoms with Crippen LogP contribution in [0.5, 0.6) is 0 Å². The maximum atomic E-state index is 11.5. The van der Waals surface area contributed by atoms with Gasteiger partial charge in [-0.05, 0) is 13.0 Å². The van der Waals surface area contributed by atoms with Gasteiger partial charge in [-0.1, -0.05) is 11.6 Å². The molecule has 0 radical (unpaired) electrons. The molecule has 0 spiro atoms. The summed E-state index contributed by atoms with van der Waals surface area (Å²) >= 11 is 5.84. The Labute approximate surface area is 106 Å². The van der Waals surface area contributed by atoms with Crippen LogP contribution >= 0.6 is 11.6 Å². The van der Waals surface area contributed by atoms with Gasteiger partial charge in [0.2, 0.25) is 0 Å². The lowest BCUT2D eigenvalue weighted by atomic mass is 10.2. The van der Waals surface area contributed by atoms with E-state index in [1.807, 2.05) is 0 Å². The van der Waals surface area contributed by atoms with Crippen molar-refractivity contribution in [1.29, 1.82) is 0 Å². The molecule has 0 atom stereocenters. The van der Waals surface area contributed by atoms with Crippen LogP contribution in [-0.2, 0) is 19.1 Å². The molecule has 0 aliphatic carbocycles. The summed E-state index contributed by atoms with van der Waals surface area (Å²) in [5.74, 6) is -1.54. The molecule has 0 N–H and O–H groups in total. The highest BCUT2D eigenvalue weighted by Gasteiger charge is 2.20. The Morgan fingerprint density at radius 2 is 1.88 bits per heavy atom. The van der Waals surface area contributed by atoms with Gasteiger partial charge in [-0.15, -0.1) is 0 Å². The SMILES string of the molecule is CCOC(=O)/C(=C/C(Cl)=C/N(C)C)C(=O)OC. The van der Waals surface area contributed by atoms with E-state index in [4.69, 9.17) is 16.3 Å². The van der Waals surface area contributed by atoms with Crippen LogP contribution in [0.3, 0.4) is 0 Å². The van der Waals surface area contributed by atoms with Gasteiger partial charge < -0.3 is 14.4 Å². The predicted molar refractivity (Wildman–Crippen MR) is 64.4 cm³/mol. The molecule has 0 amide bonds. The molecule has 0 aliphatic heterocycles. The van der Waals surface area contributed by atoms with Crippen molar-refractivity contribution in [1.82, 2.24) is 4.90 Å². The van der Waals surface area contributed by atoms with E-state index in [0.717, 1.165) is 0 Å². The Morgan fingerprint density at radius 3 is 2.29 bits per heavy atom. The summed E-state index contributed by atoms with van der Waals surface area (Å²) in [5.41, 5.74) is -0.238. The molecule has 0 heterocycles. The normalized spacial score (nSPS) is 12.1. The molecule has 0 aromatic heterocycles. The van der Waals surface area contributed by atoms with Crippen molar-refractivity contribution in [2.24, 2.45) is 0 Å². The summed E-state index contributed by atoms with van der Waals surface area (Å²) in [6.07, 6.45) is 2.76. The molecule has 0 saturated carbocycles. The fraction of sp³-hybridized carbons (Fsp3) is 0.455. The molecule has 0 bridgehead atoms. The third-order valence-electron chi connectivity index (χ3n) is 1.56. The van der Waals surface area contributed by atoms with E-state index >= 15 is 0 Å². The van der Waals surface area contributed by atoms with Gasteiger partial charge in [0.25, 0.3) is 0 Å². The van der Waals surface area contributed by atoms with Crippen molar-refractivity contribution in [3.05, 3.63) is 22.9 Å². The number of esters is 2. The molecule has 17 heavy (non-hydrogen) atoms. The summed E-state index contributed by atoms with van der Waals surface area (Å²) in [4.78, 5) is 24.5. The molecule has 0 aliphatic rings. The minimum Gasteiger partial charge on any atom is -0.465 e. The third kappa shape index (κ3) is 5.97. The van der Waals surface area contributed by atoms with E-state index < -0.39 is 11.9 Å². The first-order valence-corrected chi connectivity index (χ1v) is 5.31. The first-order valence-electron chi connectivity index (χ1n) is 4.93. The first kappa shape index (κ1) is 15.5. The second-order valence-corrected chi connectivity index (χ2v) is 3.68. The van der Waals surface area contributed by atoms with E-state index in [2.05, 4.69) is 4.74 Å². The molecule has 0 aromatic carbocycles. The van der Waals surface area contributed by atoms with Gasteiger partial charge in [0.15, 0.2) is 0 Å². The second-order valence-electron chi connectivity index (χ2n) is 3.25. The first-order chi connectivity index (χ1) is 7.92. The molecule has 0 aromatic rings. The van der Waals surface area contributed by atoms with Gasteiger partial charge in [-0.25, -0.2) is 9.59 Å². The standard InChI is InChI=1S/C11H16ClNO4/c1-5-17-11(15)9(10(14)16-4)6-8(12)7-13(2)3/h6-7H,5H2,1-4H3/b8-7-,9-6+. The molecular formula is C11H16ClNO4. The van der Waals surface area contributed by atoms with Crippen LogP contribution in [0.4, 0.5) is 0 Å². The number of methoxy groups -OCH3 is 1. The summed E-state index contributed by atoms with van der Waals surface area (Å²) in [6.45, 7) is 1.81. The highest BCUT2D eigenvalue weighted by molar-refractivity contribution is 6.32. The molecule has 6 heteroatoms. The smallest absolute Gasteiger partial charge is 0.345 e. The van der Waals surface area contributed by atoms with E-state index in [1.54, 1.807) is 32.1 Å². The van der Waals surface area contributed by atoms with Crippen molar-refractivity contribution in [3.8, 4) is 0 Å². The second kappa shape index (κ2) is 7.73. The Kier molecular flexibility index (Phi) is 7.05. The van der Waals surface area contributed by atoms with Crippen molar-refractivity contribution >= 4 is 23.5 Å². The van der Waals surface area contributed by atoms with Crippen molar-refractivity contribution < 1.29 is 19.1 Å². The van der Waals surface area contributed by atoms with Gasteiger partial charge in [-0.3, -0.25) is 0 Å². The van der Waals surface area contributed by atoms with Crippen molar-refractivity contribution in [2.45, 2.75) is 6.92 Å². The average molecular weight is 262 g/mol. The summed E-state index contributed by atoms with van der Waals surface area (Å²) in [5, 5.41) is 0.225. The highest BCUT2D eigenvalue weighted by Crippen LogP contribution is 2.11. The number of hydrogen-bond acceptors (Lipinski definition) is 5. The van der Waals surface area contributed by atoms with E-state index in [1.165, 1.54) is 13.2 Å². The molecule has 96 valence electrons. The largest absolute Gasteiger partial charge is 0.465 e. The van der Waals surface area contributed by atoms with Crippen LogP contribution in [0.2, 0.25) is 0 Å². The zero-order chi connectivity index (χ0) is 13.4. The minimum absolute atomic E-state index is 0.169. The number of ether oxygens (including phenoxy) is 2. The topological polar surface area (TPSA) is 55.8 Å². The van der Waals surface area contributed by atoms with E-state index in [-0.39, 0.29) is 17.2 Å². The van der Waals surface area contributed by atoms with Gasteiger partial charge in [0.05, 0.1) is 18.7 Å². The lowest BCUT2D eigenvalue weighted by Crippen LogP contribution is -2.17. The Balaban J connectivity index is 5.11. The maximum Gasteiger partial charge on any atom is 0.345 e. The van der Waals surface area contributed by atoms with Crippen LogP contribution in [0, 0.1) is 0 Å². The summed E-state index contributed by atoms with van der Waals surface area (Å²) < 4.78 is 9.20. The molecule has 0 fully saturated rings. The monoisotopic (exact) mass is 261 g/mol. The molecule has 0 unspecified atom stereocenters. The molecule has 5 nitrogen and oxygen atoms in total. The van der Waals surface area contributed by atoms with E-state index in [0.29, 0.717) is 0 Å². The van der Waals surface area contributed by atoms with Gasteiger partial charge in [0, 0.05) is 20.3 Å². The van der Waals surface area contributed by atoms with Gasteiger partial charge in [0.1, 0.15) is 5.57 Å². The number of nitrogens with zero attached hydrogens (tertiary/aromatic N) is 1. The average Bonchev–Trinajstić information content (AvgIpc) is 2.24. The molecule has 0 rings (SSSR count). The fourth-order valence-corrected chi connectivity index (χ4v) is 1.25. The van der Waals surface area contributed by atoms with Gasteiger partial charge >= 0.3 is 11.9 Å². The number of allylic oxidation sites excluding steroid dienone is 2. The molecule has 0 saturated heterocycles.